The van der Waals surface area contributed by atoms with Crippen LogP contribution in [0, 0.1) is 5.82 Å². The van der Waals surface area contributed by atoms with Gasteiger partial charge in [0.2, 0.25) is 6.29 Å². The van der Waals surface area contributed by atoms with Gasteiger partial charge in [0.25, 0.3) is 0 Å². The minimum atomic E-state index is -0.299. The van der Waals surface area contributed by atoms with Gasteiger partial charge in [0, 0.05) is 16.5 Å². The number of pyridine rings is 1. The molecule has 0 spiro atoms. The predicted octanol–water partition coefficient (Wildman–Crippen LogP) is 3.50. The third-order valence-corrected chi connectivity index (χ3v) is 2.97. The second kappa shape index (κ2) is 4.61. The molecule has 19 heavy (non-hydrogen) atoms. The molecule has 1 radical (unpaired) electrons. The van der Waals surface area contributed by atoms with Gasteiger partial charge in [-0.25, -0.2) is 9.37 Å². The number of fused-ring (bicyclic) bond motifs is 1. The van der Waals surface area contributed by atoms with E-state index in [1.54, 1.807) is 18.2 Å². The topological polar surface area (TPSA) is 30.0 Å². The molecule has 2 nitrogen and oxygen atoms in total. The molecule has 1 aromatic heterocycles. The molecule has 3 rings (SSSR count). The molecule has 91 valence electrons. The van der Waals surface area contributed by atoms with Gasteiger partial charge in [0.15, 0.2) is 0 Å². The molecule has 1 heterocycles. The van der Waals surface area contributed by atoms with Crippen molar-refractivity contribution in [2.24, 2.45) is 0 Å². The SMILES string of the molecule is O=[C]c1cc(-c2ccc(F)cc2)nc2ccccc12. The Morgan fingerprint density at radius 1 is 1.00 bits per heavy atom. The third-order valence-electron chi connectivity index (χ3n) is 2.97. The molecule has 0 saturated carbocycles. The van der Waals surface area contributed by atoms with Gasteiger partial charge in [0.1, 0.15) is 5.82 Å². The van der Waals surface area contributed by atoms with Crippen molar-refractivity contribution in [1.29, 1.82) is 0 Å². The van der Waals surface area contributed by atoms with Crippen molar-refractivity contribution < 1.29 is 9.18 Å². The van der Waals surface area contributed by atoms with Gasteiger partial charge >= 0.3 is 0 Å². The number of nitrogens with zero attached hydrogens (tertiary/aromatic N) is 1. The van der Waals surface area contributed by atoms with Gasteiger partial charge in [0.05, 0.1) is 11.2 Å². The smallest absolute Gasteiger partial charge is 0.234 e. The maximum absolute atomic E-state index is 12.9. The Balaban J connectivity index is 2.24. The van der Waals surface area contributed by atoms with E-state index in [9.17, 15) is 9.18 Å². The van der Waals surface area contributed by atoms with Crippen LogP contribution in [0.3, 0.4) is 0 Å². The van der Waals surface area contributed by atoms with E-state index < -0.39 is 0 Å². The lowest BCUT2D eigenvalue weighted by Gasteiger charge is -2.05. The summed E-state index contributed by atoms with van der Waals surface area (Å²) in [5.41, 5.74) is 2.59. The largest absolute Gasteiger partial charge is 0.285 e. The summed E-state index contributed by atoms with van der Waals surface area (Å²) in [6, 6.07) is 15.1. The highest BCUT2D eigenvalue weighted by atomic mass is 19.1. The van der Waals surface area contributed by atoms with Crippen molar-refractivity contribution in [1.82, 2.24) is 4.98 Å². The molecular weight excluding hydrogens is 241 g/mol. The van der Waals surface area contributed by atoms with E-state index in [2.05, 4.69) is 4.98 Å². The zero-order chi connectivity index (χ0) is 13.2. The van der Waals surface area contributed by atoms with Gasteiger partial charge in [-0.1, -0.05) is 18.2 Å². The van der Waals surface area contributed by atoms with E-state index in [0.29, 0.717) is 11.3 Å². The number of benzene rings is 2. The van der Waals surface area contributed by atoms with Crippen LogP contribution in [0.1, 0.15) is 5.56 Å². The van der Waals surface area contributed by atoms with Crippen molar-refractivity contribution in [3.63, 3.8) is 0 Å². The third kappa shape index (κ3) is 2.10. The molecule has 0 aliphatic heterocycles. The zero-order valence-corrected chi connectivity index (χ0v) is 9.93. The van der Waals surface area contributed by atoms with Crippen LogP contribution < -0.4 is 0 Å². The van der Waals surface area contributed by atoms with E-state index in [-0.39, 0.29) is 5.82 Å². The van der Waals surface area contributed by atoms with Crippen LogP contribution in [0.15, 0.2) is 54.6 Å². The minimum absolute atomic E-state index is 0.299. The molecule has 0 N–H and O–H groups in total. The number of hydrogen-bond acceptors (Lipinski definition) is 2. The molecule has 0 unspecified atom stereocenters. The van der Waals surface area contributed by atoms with E-state index in [0.717, 1.165) is 16.5 Å². The van der Waals surface area contributed by atoms with E-state index in [1.807, 2.05) is 30.6 Å². The lowest BCUT2D eigenvalue weighted by molar-refractivity contribution is 0.563. The summed E-state index contributed by atoms with van der Waals surface area (Å²) in [6.07, 6.45) is 1.93. The molecule has 2 aromatic carbocycles. The van der Waals surface area contributed by atoms with Gasteiger partial charge < -0.3 is 0 Å². The van der Waals surface area contributed by atoms with Crippen molar-refractivity contribution in [3.8, 4) is 11.3 Å². The number of halogens is 1. The molecule has 0 aliphatic carbocycles. The van der Waals surface area contributed by atoms with E-state index >= 15 is 0 Å². The number of aromatic nitrogens is 1. The first kappa shape index (κ1) is 11.5. The molecule has 3 heteroatoms. The highest BCUT2D eigenvalue weighted by Gasteiger charge is 2.07. The number of hydrogen-bond donors (Lipinski definition) is 0. The van der Waals surface area contributed by atoms with Crippen LogP contribution in [0.2, 0.25) is 0 Å². The summed E-state index contributed by atoms with van der Waals surface area (Å²) in [5, 5.41) is 0.767. The lowest BCUT2D eigenvalue weighted by Crippen LogP contribution is -1.91. The fraction of sp³-hybridized carbons (Fsp3) is 0. The molecule has 0 saturated heterocycles. The van der Waals surface area contributed by atoms with Crippen LogP contribution in [0.25, 0.3) is 22.2 Å². The van der Waals surface area contributed by atoms with Crippen LogP contribution in [0.4, 0.5) is 4.39 Å². The van der Waals surface area contributed by atoms with Gasteiger partial charge in [-0.15, -0.1) is 0 Å². The first-order chi connectivity index (χ1) is 9.28. The Hall–Kier alpha value is -2.55. The number of para-hydroxylation sites is 1. The minimum Gasteiger partial charge on any atom is -0.285 e. The standard InChI is InChI=1S/C16H9FNO/c17-13-7-5-11(6-8-13)16-9-12(10-19)14-3-1-2-4-15(14)18-16/h1-9H. The fourth-order valence-corrected chi connectivity index (χ4v) is 2.03. The van der Waals surface area contributed by atoms with E-state index in [4.69, 9.17) is 0 Å². The zero-order valence-electron chi connectivity index (χ0n) is 9.93. The van der Waals surface area contributed by atoms with Gasteiger partial charge in [-0.3, -0.25) is 4.79 Å². The average Bonchev–Trinajstić information content (AvgIpc) is 2.47. The van der Waals surface area contributed by atoms with Crippen molar-refractivity contribution in [2.45, 2.75) is 0 Å². The molecule has 0 fully saturated rings. The quantitative estimate of drug-likeness (QED) is 0.696. The summed E-state index contributed by atoms with van der Waals surface area (Å²) in [4.78, 5) is 15.5. The van der Waals surface area contributed by atoms with Gasteiger partial charge in [-0.05, 0) is 36.4 Å². The summed E-state index contributed by atoms with van der Waals surface area (Å²) >= 11 is 0. The van der Waals surface area contributed by atoms with Crippen LogP contribution in [0.5, 0.6) is 0 Å². The molecule has 3 aromatic rings. The van der Waals surface area contributed by atoms with Crippen molar-refractivity contribution in [2.75, 3.05) is 0 Å². The maximum atomic E-state index is 12.9. The Morgan fingerprint density at radius 3 is 2.47 bits per heavy atom. The van der Waals surface area contributed by atoms with E-state index in [1.165, 1.54) is 12.1 Å². The Bertz CT molecular complexity index is 750. The monoisotopic (exact) mass is 250 g/mol. The van der Waals surface area contributed by atoms with Crippen molar-refractivity contribution in [3.05, 3.63) is 66.0 Å². The summed E-state index contributed by atoms with van der Waals surface area (Å²) in [7, 11) is 0. The predicted molar refractivity (Wildman–Crippen MR) is 71.9 cm³/mol. The van der Waals surface area contributed by atoms with Crippen LogP contribution in [-0.4, -0.2) is 11.3 Å². The Kier molecular flexibility index (Phi) is 2.80. The normalized spacial score (nSPS) is 10.6. The van der Waals surface area contributed by atoms with Crippen LogP contribution >= 0.6 is 0 Å². The van der Waals surface area contributed by atoms with Gasteiger partial charge in [-0.2, -0.15) is 0 Å². The Labute approximate surface area is 109 Å². The summed E-state index contributed by atoms with van der Waals surface area (Å²) in [6.45, 7) is 0. The first-order valence-electron chi connectivity index (χ1n) is 5.82. The second-order valence-electron chi connectivity index (χ2n) is 4.18. The summed E-state index contributed by atoms with van der Waals surface area (Å²) in [5.74, 6) is -0.299. The lowest BCUT2D eigenvalue weighted by atomic mass is 10.0. The highest BCUT2D eigenvalue weighted by molar-refractivity contribution is 5.98. The Morgan fingerprint density at radius 2 is 1.74 bits per heavy atom. The second-order valence-corrected chi connectivity index (χ2v) is 4.18. The molecule has 0 amide bonds. The molecule has 0 atom stereocenters. The van der Waals surface area contributed by atoms with Crippen molar-refractivity contribution >= 4 is 17.2 Å². The van der Waals surface area contributed by atoms with Crippen LogP contribution in [-0.2, 0) is 4.79 Å². The molecular formula is C16H9FNO. The maximum Gasteiger partial charge on any atom is 0.234 e. The number of carbonyl (C=O) groups excluding carboxylic acids is 1. The fourth-order valence-electron chi connectivity index (χ4n) is 2.03. The number of rotatable bonds is 2. The average molecular weight is 250 g/mol. The highest BCUT2D eigenvalue weighted by Crippen LogP contribution is 2.23. The summed E-state index contributed by atoms with van der Waals surface area (Å²) < 4.78 is 12.9. The molecule has 0 bridgehead atoms. The molecule has 0 aliphatic rings. The first-order valence-corrected chi connectivity index (χ1v) is 5.82.